The van der Waals surface area contributed by atoms with Crippen molar-refractivity contribution in [2.45, 2.75) is 25.8 Å². The molecule has 2 rings (SSSR count). The minimum atomic E-state index is -0.873. The van der Waals surface area contributed by atoms with E-state index in [0.29, 0.717) is 13.0 Å². The summed E-state index contributed by atoms with van der Waals surface area (Å²) in [6.07, 6.45) is 0.633. The van der Waals surface area contributed by atoms with Crippen LogP contribution in [0.3, 0.4) is 0 Å². The summed E-state index contributed by atoms with van der Waals surface area (Å²) >= 11 is 0. The van der Waals surface area contributed by atoms with Gasteiger partial charge in [0.2, 0.25) is 5.91 Å². The Morgan fingerprint density at radius 2 is 1.90 bits per heavy atom. The van der Waals surface area contributed by atoms with Gasteiger partial charge in [0, 0.05) is 25.3 Å². The first-order valence-electron chi connectivity index (χ1n) is 6.86. The van der Waals surface area contributed by atoms with Crippen molar-refractivity contribution in [1.29, 1.82) is 0 Å². The molecule has 0 bridgehead atoms. The summed E-state index contributed by atoms with van der Waals surface area (Å²) in [6.45, 7) is 0.427. The van der Waals surface area contributed by atoms with Gasteiger partial charge in [-0.1, -0.05) is 24.3 Å². The number of aliphatic carboxylic acids is 1. The van der Waals surface area contributed by atoms with Gasteiger partial charge in [-0.05, 0) is 18.6 Å². The van der Waals surface area contributed by atoms with Crippen LogP contribution < -0.4 is 0 Å². The van der Waals surface area contributed by atoms with Gasteiger partial charge in [-0.15, -0.1) is 0 Å². The maximum Gasteiger partial charge on any atom is 0.303 e. The van der Waals surface area contributed by atoms with Crippen LogP contribution in [0, 0.1) is 0 Å². The van der Waals surface area contributed by atoms with Gasteiger partial charge in [0.05, 0.1) is 17.8 Å². The zero-order valence-corrected chi connectivity index (χ0v) is 12.0. The number of carboxylic acids is 1. The number of fused-ring (bicyclic) bond motifs is 1. The van der Waals surface area contributed by atoms with Gasteiger partial charge in [0.15, 0.2) is 0 Å². The van der Waals surface area contributed by atoms with Crippen molar-refractivity contribution in [3.05, 3.63) is 42.1 Å². The Kier molecular flexibility index (Phi) is 4.87. The number of para-hydroxylation sites is 1. The minimum Gasteiger partial charge on any atom is -0.481 e. The second kappa shape index (κ2) is 6.83. The Balaban J connectivity index is 1.95. The van der Waals surface area contributed by atoms with Crippen LogP contribution in [0.4, 0.5) is 0 Å². The lowest BCUT2D eigenvalue weighted by atomic mass is 10.2. The molecule has 0 fully saturated rings. The fourth-order valence-corrected chi connectivity index (χ4v) is 2.11. The molecule has 0 aliphatic carbocycles. The minimum absolute atomic E-state index is 0.0216. The predicted molar refractivity (Wildman–Crippen MR) is 79.7 cm³/mol. The topological polar surface area (TPSA) is 70.5 Å². The molecule has 5 heteroatoms. The van der Waals surface area contributed by atoms with Crippen molar-refractivity contribution in [3.8, 4) is 0 Å². The molecular formula is C16H18N2O3. The summed E-state index contributed by atoms with van der Waals surface area (Å²) in [5.74, 6) is -0.937. The number of hydrogen-bond donors (Lipinski definition) is 1. The number of carbonyl (C=O) groups excluding carboxylic acids is 1. The molecule has 0 saturated heterocycles. The van der Waals surface area contributed by atoms with Crippen LogP contribution in [0.25, 0.3) is 10.9 Å². The molecule has 0 atom stereocenters. The third kappa shape index (κ3) is 4.27. The standard InChI is InChI=1S/C16H18N2O3/c1-18(15(19)7-4-8-16(20)21)11-13-10-9-12-5-2-3-6-14(12)17-13/h2-3,5-6,9-10H,4,7-8,11H2,1H3,(H,20,21). The van der Waals surface area contributed by atoms with Crippen LogP contribution in [0.5, 0.6) is 0 Å². The summed E-state index contributed by atoms with van der Waals surface area (Å²) in [5.41, 5.74) is 1.73. The van der Waals surface area contributed by atoms with Crippen LogP contribution in [0.1, 0.15) is 25.0 Å². The summed E-state index contributed by atoms with van der Waals surface area (Å²) < 4.78 is 0. The summed E-state index contributed by atoms with van der Waals surface area (Å²) in [7, 11) is 1.71. The SMILES string of the molecule is CN(Cc1ccc2ccccc2n1)C(=O)CCCC(=O)O. The average molecular weight is 286 g/mol. The third-order valence-corrected chi connectivity index (χ3v) is 3.26. The second-order valence-corrected chi connectivity index (χ2v) is 4.99. The lowest BCUT2D eigenvalue weighted by Crippen LogP contribution is -2.26. The number of aromatic nitrogens is 1. The van der Waals surface area contributed by atoms with E-state index in [1.54, 1.807) is 11.9 Å². The van der Waals surface area contributed by atoms with Gasteiger partial charge in [0.1, 0.15) is 0 Å². The van der Waals surface area contributed by atoms with E-state index in [4.69, 9.17) is 5.11 Å². The van der Waals surface area contributed by atoms with Gasteiger partial charge < -0.3 is 10.0 Å². The van der Waals surface area contributed by atoms with E-state index >= 15 is 0 Å². The number of benzene rings is 1. The predicted octanol–water partition coefficient (Wildman–Crippen LogP) is 2.45. The molecule has 1 amide bonds. The smallest absolute Gasteiger partial charge is 0.303 e. The molecule has 0 unspecified atom stereocenters. The van der Waals surface area contributed by atoms with Crippen LogP contribution in [0.2, 0.25) is 0 Å². The van der Waals surface area contributed by atoms with Crippen LogP contribution >= 0.6 is 0 Å². The summed E-state index contributed by atoms with van der Waals surface area (Å²) in [6, 6.07) is 11.7. The Morgan fingerprint density at radius 1 is 1.14 bits per heavy atom. The van der Waals surface area contributed by atoms with E-state index in [1.165, 1.54) is 0 Å². The molecular weight excluding hydrogens is 268 g/mol. The van der Waals surface area contributed by atoms with Crippen molar-refractivity contribution in [2.24, 2.45) is 0 Å². The first-order valence-corrected chi connectivity index (χ1v) is 6.86. The van der Waals surface area contributed by atoms with E-state index in [-0.39, 0.29) is 18.7 Å². The number of carboxylic acid groups (broad SMARTS) is 1. The molecule has 2 aromatic rings. The van der Waals surface area contributed by atoms with Crippen LogP contribution in [0.15, 0.2) is 36.4 Å². The molecule has 1 heterocycles. The lowest BCUT2D eigenvalue weighted by Gasteiger charge is -2.16. The summed E-state index contributed by atoms with van der Waals surface area (Å²) in [5, 5.41) is 9.63. The maximum atomic E-state index is 11.9. The largest absolute Gasteiger partial charge is 0.481 e. The molecule has 0 radical (unpaired) electrons. The molecule has 5 nitrogen and oxygen atoms in total. The Hall–Kier alpha value is -2.43. The first-order chi connectivity index (χ1) is 10.1. The van der Waals surface area contributed by atoms with Gasteiger partial charge in [0.25, 0.3) is 0 Å². The number of pyridine rings is 1. The highest BCUT2D eigenvalue weighted by atomic mass is 16.4. The molecule has 110 valence electrons. The normalized spacial score (nSPS) is 10.5. The van der Waals surface area contributed by atoms with Gasteiger partial charge in [-0.2, -0.15) is 0 Å². The fourth-order valence-electron chi connectivity index (χ4n) is 2.11. The number of nitrogens with zero attached hydrogens (tertiary/aromatic N) is 2. The van der Waals surface area contributed by atoms with Crippen LogP contribution in [-0.2, 0) is 16.1 Å². The monoisotopic (exact) mass is 286 g/mol. The molecule has 1 N–H and O–H groups in total. The molecule has 1 aromatic heterocycles. The highest BCUT2D eigenvalue weighted by molar-refractivity contribution is 5.79. The zero-order chi connectivity index (χ0) is 15.2. The first kappa shape index (κ1) is 15.0. The molecule has 0 spiro atoms. The molecule has 1 aromatic carbocycles. The Morgan fingerprint density at radius 3 is 2.67 bits per heavy atom. The Bertz CT molecular complexity index is 655. The van der Waals surface area contributed by atoms with Gasteiger partial charge in [-0.3, -0.25) is 14.6 Å². The van der Waals surface area contributed by atoms with Crippen molar-refractivity contribution < 1.29 is 14.7 Å². The van der Waals surface area contributed by atoms with E-state index in [0.717, 1.165) is 16.6 Å². The van der Waals surface area contributed by atoms with E-state index in [9.17, 15) is 9.59 Å². The van der Waals surface area contributed by atoms with Crippen molar-refractivity contribution in [2.75, 3.05) is 7.05 Å². The molecule has 21 heavy (non-hydrogen) atoms. The van der Waals surface area contributed by atoms with Crippen molar-refractivity contribution in [1.82, 2.24) is 9.88 Å². The average Bonchev–Trinajstić information content (AvgIpc) is 2.46. The van der Waals surface area contributed by atoms with E-state index in [2.05, 4.69) is 4.98 Å². The Labute approximate surface area is 123 Å². The van der Waals surface area contributed by atoms with Gasteiger partial charge in [-0.25, -0.2) is 0 Å². The van der Waals surface area contributed by atoms with Gasteiger partial charge >= 0.3 is 5.97 Å². The van der Waals surface area contributed by atoms with E-state index < -0.39 is 5.97 Å². The van der Waals surface area contributed by atoms with E-state index in [1.807, 2.05) is 36.4 Å². The number of hydrogen-bond acceptors (Lipinski definition) is 3. The highest BCUT2D eigenvalue weighted by Crippen LogP contribution is 2.13. The maximum absolute atomic E-state index is 11.9. The van der Waals surface area contributed by atoms with Crippen molar-refractivity contribution in [3.63, 3.8) is 0 Å². The number of amides is 1. The molecule has 0 aliphatic heterocycles. The zero-order valence-electron chi connectivity index (χ0n) is 12.0. The lowest BCUT2D eigenvalue weighted by molar-refractivity contribution is -0.137. The summed E-state index contributed by atoms with van der Waals surface area (Å²) in [4.78, 5) is 28.4. The van der Waals surface area contributed by atoms with Crippen LogP contribution in [-0.4, -0.2) is 33.9 Å². The molecule has 0 aliphatic rings. The second-order valence-electron chi connectivity index (χ2n) is 4.99. The molecule has 0 saturated carbocycles. The quantitative estimate of drug-likeness (QED) is 0.885. The number of rotatable bonds is 6. The highest BCUT2D eigenvalue weighted by Gasteiger charge is 2.11. The number of carbonyl (C=O) groups is 2. The van der Waals surface area contributed by atoms with Crippen molar-refractivity contribution >= 4 is 22.8 Å². The third-order valence-electron chi connectivity index (χ3n) is 3.26. The fraction of sp³-hybridized carbons (Fsp3) is 0.312.